The molecular weight excluding hydrogens is 259 g/mol. The molecule has 0 fully saturated rings. The van der Waals surface area contributed by atoms with Crippen molar-refractivity contribution in [3.8, 4) is 0 Å². The minimum absolute atomic E-state index is 0.175. The van der Waals surface area contributed by atoms with Gasteiger partial charge in [-0.05, 0) is 38.1 Å². The topological polar surface area (TPSA) is 38.0 Å². The van der Waals surface area contributed by atoms with Crippen LogP contribution in [0.2, 0.25) is 0 Å². The summed E-state index contributed by atoms with van der Waals surface area (Å²) in [6.45, 7) is 3.31. The molecule has 0 aliphatic carbocycles. The van der Waals surface area contributed by atoms with Gasteiger partial charge in [-0.3, -0.25) is 0 Å². The van der Waals surface area contributed by atoms with Crippen molar-refractivity contribution in [1.82, 2.24) is 5.32 Å². The Morgan fingerprint density at radius 1 is 1.53 bits per heavy atom. The Bertz CT molecular complexity index is 315. The molecule has 0 saturated heterocycles. The summed E-state index contributed by atoms with van der Waals surface area (Å²) in [5.41, 5.74) is 6.28. The van der Waals surface area contributed by atoms with Gasteiger partial charge >= 0.3 is 0 Å². The fourth-order valence-corrected chi connectivity index (χ4v) is 1.64. The fourth-order valence-electron chi connectivity index (χ4n) is 1.23. The molecule has 0 saturated carbocycles. The first kappa shape index (κ1) is 12.6. The van der Waals surface area contributed by atoms with Crippen molar-refractivity contribution in [3.05, 3.63) is 34.1 Å². The highest BCUT2D eigenvalue weighted by Crippen LogP contribution is 2.15. The van der Waals surface area contributed by atoms with Crippen LogP contribution in [0.4, 0.5) is 4.39 Å². The number of hydrogen-bond donors (Lipinski definition) is 2. The van der Waals surface area contributed by atoms with E-state index in [9.17, 15) is 4.39 Å². The Morgan fingerprint density at radius 3 is 2.93 bits per heavy atom. The zero-order valence-electron chi connectivity index (χ0n) is 8.76. The second kappa shape index (κ2) is 6.20. The van der Waals surface area contributed by atoms with Gasteiger partial charge in [0.15, 0.2) is 0 Å². The van der Waals surface area contributed by atoms with E-state index >= 15 is 0 Å². The highest BCUT2D eigenvalue weighted by atomic mass is 79.9. The van der Waals surface area contributed by atoms with Crippen LogP contribution in [-0.4, -0.2) is 12.6 Å². The number of rotatable bonds is 5. The van der Waals surface area contributed by atoms with Gasteiger partial charge < -0.3 is 11.1 Å². The maximum Gasteiger partial charge on any atom is 0.127 e. The molecule has 0 aromatic heterocycles. The average molecular weight is 275 g/mol. The van der Waals surface area contributed by atoms with Gasteiger partial charge in [-0.15, -0.1) is 0 Å². The molecule has 1 aromatic carbocycles. The lowest BCUT2D eigenvalue weighted by atomic mass is 10.2. The third-order valence-corrected chi connectivity index (χ3v) is 2.59. The van der Waals surface area contributed by atoms with Gasteiger partial charge in [-0.2, -0.15) is 0 Å². The van der Waals surface area contributed by atoms with Crippen molar-refractivity contribution >= 4 is 15.9 Å². The fraction of sp³-hybridized carbons (Fsp3) is 0.455. The third-order valence-electron chi connectivity index (χ3n) is 2.10. The molecule has 2 nitrogen and oxygen atoms in total. The largest absolute Gasteiger partial charge is 0.328 e. The van der Waals surface area contributed by atoms with Crippen LogP contribution in [0, 0.1) is 5.82 Å². The van der Waals surface area contributed by atoms with E-state index in [2.05, 4.69) is 21.2 Å². The minimum atomic E-state index is -0.175. The van der Waals surface area contributed by atoms with Crippen LogP contribution in [0.15, 0.2) is 22.7 Å². The lowest BCUT2D eigenvalue weighted by Crippen LogP contribution is -2.23. The predicted octanol–water partition coefficient (Wildman–Crippen LogP) is 2.42. The molecule has 3 N–H and O–H groups in total. The smallest absolute Gasteiger partial charge is 0.127 e. The summed E-state index contributed by atoms with van der Waals surface area (Å²) in [5.74, 6) is -0.175. The number of halogens is 2. The predicted molar refractivity (Wildman–Crippen MR) is 64.1 cm³/mol. The molecule has 15 heavy (non-hydrogen) atoms. The lowest BCUT2D eigenvalue weighted by molar-refractivity contribution is 0.562. The molecule has 1 aromatic rings. The molecular formula is C11H16BrFN2. The van der Waals surface area contributed by atoms with E-state index in [1.807, 2.05) is 6.92 Å². The summed E-state index contributed by atoms with van der Waals surface area (Å²) in [5, 5.41) is 3.16. The maximum atomic E-state index is 13.3. The SMILES string of the molecule is CC(N)CCNCc1cc(Br)ccc1F. The zero-order valence-corrected chi connectivity index (χ0v) is 10.3. The number of benzene rings is 1. The Morgan fingerprint density at radius 2 is 2.27 bits per heavy atom. The van der Waals surface area contributed by atoms with Crippen molar-refractivity contribution in [3.63, 3.8) is 0 Å². The van der Waals surface area contributed by atoms with Crippen LogP contribution in [0.5, 0.6) is 0 Å². The van der Waals surface area contributed by atoms with Crippen LogP contribution in [0.1, 0.15) is 18.9 Å². The summed E-state index contributed by atoms with van der Waals surface area (Å²) < 4.78 is 14.2. The lowest BCUT2D eigenvalue weighted by Gasteiger charge is -2.08. The van der Waals surface area contributed by atoms with E-state index < -0.39 is 0 Å². The number of nitrogens with two attached hydrogens (primary N) is 1. The normalized spacial score (nSPS) is 12.8. The van der Waals surface area contributed by atoms with E-state index in [4.69, 9.17) is 5.73 Å². The van der Waals surface area contributed by atoms with Gasteiger partial charge in [0.1, 0.15) is 5.82 Å². The second-order valence-corrected chi connectivity index (χ2v) is 4.59. The molecule has 0 amide bonds. The van der Waals surface area contributed by atoms with Crippen LogP contribution in [0.25, 0.3) is 0 Å². The van der Waals surface area contributed by atoms with Crippen LogP contribution in [-0.2, 0) is 6.54 Å². The van der Waals surface area contributed by atoms with Gasteiger partial charge in [-0.25, -0.2) is 4.39 Å². The molecule has 1 atom stereocenters. The Balaban J connectivity index is 2.40. The molecule has 84 valence electrons. The van der Waals surface area contributed by atoms with E-state index in [-0.39, 0.29) is 11.9 Å². The van der Waals surface area contributed by atoms with E-state index in [0.29, 0.717) is 12.1 Å². The third kappa shape index (κ3) is 4.73. The van der Waals surface area contributed by atoms with Crippen LogP contribution < -0.4 is 11.1 Å². The first-order valence-corrected chi connectivity index (χ1v) is 5.79. The molecule has 1 rings (SSSR count). The van der Waals surface area contributed by atoms with Gasteiger partial charge in [0.05, 0.1) is 0 Å². The number of hydrogen-bond acceptors (Lipinski definition) is 2. The molecule has 0 spiro atoms. The van der Waals surface area contributed by atoms with Crippen molar-refractivity contribution in [2.75, 3.05) is 6.54 Å². The maximum absolute atomic E-state index is 13.3. The Hall–Kier alpha value is -0.450. The van der Waals surface area contributed by atoms with Gasteiger partial charge in [-0.1, -0.05) is 15.9 Å². The van der Waals surface area contributed by atoms with Gasteiger partial charge in [0, 0.05) is 22.6 Å². The van der Waals surface area contributed by atoms with Crippen molar-refractivity contribution < 1.29 is 4.39 Å². The summed E-state index contributed by atoms with van der Waals surface area (Å²) >= 11 is 3.31. The minimum Gasteiger partial charge on any atom is -0.328 e. The van der Waals surface area contributed by atoms with E-state index in [0.717, 1.165) is 17.4 Å². The van der Waals surface area contributed by atoms with E-state index in [1.165, 1.54) is 6.07 Å². The zero-order chi connectivity index (χ0) is 11.3. The highest BCUT2D eigenvalue weighted by Gasteiger charge is 2.02. The van der Waals surface area contributed by atoms with Crippen molar-refractivity contribution in [1.29, 1.82) is 0 Å². The molecule has 0 aliphatic rings. The standard InChI is InChI=1S/C11H16BrFN2/c1-8(14)4-5-15-7-9-6-10(12)2-3-11(9)13/h2-3,6,8,15H,4-5,7,14H2,1H3. The highest BCUT2D eigenvalue weighted by molar-refractivity contribution is 9.10. The van der Waals surface area contributed by atoms with Crippen molar-refractivity contribution in [2.45, 2.75) is 25.9 Å². The molecule has 4 heteroatoms. The van der Waals surface area contributed by atoms with Crippen LogP contribution in [0.3, 0.4) is 0 Å². The summed E-state index contributed by atoms with van der Waals surface area (Å²) in [6, 6.07) is 5.13. The van der Waals surface area contributed by atoms with E-state index in [1.54, 1.807) is 12.1 Å². The molecule has 0 radical (unpaired) electrons. The molecule has 0 heterocycles. The second-order valence-electron chi connectivity index (χ2n) is 3.68. The molecule has 1 unspecified atom stereocenters. The van der Waals surface area contributed by atoms with Gasteiger partial charge in [0.2, 0.25) is 0 Å². The van der Waals surface area contributed by atoms with Gasteiger partial charge in [0.25, 0.3) is 0 Å². The molecule has 0 aliphatic heterocycles. The number of nitrogens with one attached hydrogen (secondary N) is 1. The first-order chi connectivity index (χ1) is 7.09. The summed E-state index contributed by atoms with van der Waals surface area (Å²) in [4.78, 5) is 0. The quantitative estimate of drug-likeness (QED) is 0.810. The average Bonchev–Trinajstić information content (AvgIpc) is 2.17. The van der Waals surface area contributed by atoms with Crippen LogP contribution >= 0.6 is 15.9 Å². The monoisotopic (exact) mass is 274 g/mol. The molecule has 0 bridgehead atoms. The summed E-state index contributed by atoms with van der Waals surface area (Å²) in [6.07, 6.45) is 0.898. The summed E-state index contributed by atoms with van der Waals surface area (Å²) in [7, 11) is 0. The Kier molecular flexibility index (Phi) is 5.22. The van der Waals surface area contributed by atoms with Crippen molar-refractivity contribution in [2.24, 2.45) is 5.73 Å². The first-order valence-electron chi connectivity index (χ1n) is 5.00. The Labute approximate surface area is 98.2 Å².